The standard InChI is InChI=1S/C36H39NO5S/c38-28-14-19-31-32(24-28)43-35(26-12-17-30(18-13-26)42-36(40)27-8-4-1-2-5-9-27)33(31)34(39)25-10-15-29(16-11-25)41-23-22-37-20-6-3-7-21-37/h10-19,24,27,38H,1-9,20-23H2. The van der Waals surface area contributed by atoms with E-state index in [2.05, 4.69) is 4.90 Å². The minimum absolute atomic E-state index is 0.0341. The van der Waals surface area contributed by atoms with Gasteiger partial charge >= 0.3 is 5.97 Å². The van der Waals surface area contributed by atoms with Crippen LogP contribution in [-0.4, -0.2) is 48.0 Å². The summed E-state index contributed by atoms with van der Waals surface area (Å²) < 4.78 is 12.6. The smallest absolute Gasteiger partial charge is 0.314 e. The molecular weight excluding hydrogens is 558 g/mol. The third-order valence-corrected chi connectivity index (χ3v) is 9.87. The van der Waals surface area contributed by atoms with E-state index in [-0.39, 0.29) is 23.4 Å². The van der Waals surface area contributed by atoms with Gasteiger partial charge in [-0.25, -0.2) is 0 Å². The molecule has 0 atom stereocenters. The lowest BCUT2D eigenvalue weighted by atomic mass is 9.97. The second-order valence-electron chi connectivity index (χ2n) is 11.7. The molecule has 2 fully saturated rings. The maximum absolute atomic E-state index is 14.0. The van der Waals surface area contributed by atoms with Crippen LogP contribution in [0.25, 0.3) is 20.5 Å². The number of phenols is 1. The number of hydrogen-bond donors (Lipinski definition) is 1. The quantitative estimate of drug-likeness (QED) is 0.0906. The molecule has 1 aliphatic carbocycles. The largest absolute Gasteiger partial charge is 0.508 e. The molecule has 3 aromatic carbocycles. The van der Waals surface area contributed by atoms with E-state index in [0.29, 0.717) is 23.5 Å². The van der Waals surface area contributed by atoms with Gasteiger partial charge in [-0.3, -0.25) is 14.5 Å². The van der Waals surface area contributed by atoms with Crippen molar-refractivity contribution in [2.45, 2.75) is 57.8 Å². The van der Waals surface area contributed by atoms with Gasteiger partial charge in [0.1, 0.15) is 23.9 Å². The Morgan fingerprint density at radius 3 is 2.21 bits per heavy atom. The van der Waals surface area contributed by atoms with Crippen LogP contribution in [0.5, 0.6) is 17.2 Å². The molecule has 0 unspecified atom stereocenters. The number of esters is 1. The summed E-state index contributed by atoms with van der Waals surface area (Å²) in [4.78, 5) is 30.0. The van der Waals surface area contributed by atoms with E-state index >= 15 is 0 Å². The fourth-order valence-corrected chi connectivity index (χ4v) is 7.46. The molecular formula is C36H39NO5S. The number of carbonyl (C=O) groups excluding carboxylic acids is 2. The van der Waals surface area contributed by atoms with Crippen molar-refractivity contribution in [1.29, 1.82) is 0 Å². The van der Waals surface area contributed by atoms with E-state index in [4.69, 9.17) is 9.47 Å². The number of hydrogen-bond acceptors (Lipinski definition) is 7. The van der Waals surface area contributed by atoms with Crippen LogP contribution in [0, 0.1) is 5.92 Å². The maximum Gasteiger partial charge on any atom is 0.314 e. The molecule has 0 radical (unpaired) electrons. The fraction of sp³-hybridized carbons (Fsp3) is 0.389. The van der Waals surface area contributed by atoms with E-state index < -0.39 is 0 Å². The van der Waals surface area contributed by atoms with E-state index in [1.165, 1.54) is 43.4 Å². The van der Waals surface area contributed by atoms with Gasteiger partial charge in [0.05, 0.1) is 5.92 Å². The van der Waals surface area contributed by atoms with Crippen molar-refractivity contribution in [2.24, 2.45) is 5.92 Å². The van der Waals surface area contributed by atoms with Crippen LogP contribution < -0.4 is 9.47 Å². The number of ether oxygens (including phenoxy) is 2. The second kappa shape index (κ2) is 13.7. The minimum Gasteiger partial charge on any atom is -0.508 e. The van der Waals surface area contributed by atoms with Crippen LogP contribution in [0.4, 0.5) is 0 Å². The number of thiophene rings is 1. The molecule has 43 heavy (non-hydrogen) atoms. The number of aromatic hydroxyl groups is 1. The summed E-state index contributed by atoms with van der Waals surface area (Å²) in [6.45, 7) is 3.82. The summed E-state index contributed by atoms with van der Waals surface area (Å²) in [6, 6.07) is 19.9. The molecule has 1 aromatic heterocycles. The Bertz CT molecular complexity index is 1550. The number of phenolic OH excluding ortho intramolecular Hbond substituents is 1. The van der Waals surface area contributed by atoms with Gasteiger partial charge in [0.15, 0.2) is 5.78 Å². The van der Waals surface area contributed by atoms with Gasteiger partial charge in [-0.05, 0) is 111 Å². The summed E-state index contributed by atoms with van der Waals surface area (Å²) in [5.74, 6) is 1.15. The van der Waals surface area contributed by atoms with E-state index in [0.717, 1.165) is 71.6 Å². The molecule has 4 aromatic rings. The molecule has 6 nitrogen and oxygen atoms in total. The van der Waals surface area contributed by atoms with Crippen molar-refractivity contribution in [1.82, 2.24) is 4.90 Å². The van der Waals surface area contributed by atoms with E-state index in [1.54, 1.807) is 30.3 Å². The van der Waals surface area contributed by atoms with Crippen molar-refractivity contribution in [3.05, 3.63) is 77.9 Å². The number of likely N-dealkylation sites (tertiary alicyclic amines) is 1. The average molecular weight is 598 g/mol. The Morgan fingerprint density at radius 1 is 0.814 bits per heavy atom. The highest BCUT2D eigenvalue weighted by Crippen LogP contribution is 2.41. The molecule has 1 N–H and O–H groups in total. The van der Waals surface area contributed by atoms with Gasteiger partial charge in [0.2, 0.25) is 0 Å². The molecule has 224 valence electrons. The normalized spacial score (nSPS) is 16.6. The molecule has 0 amide bonds. The maximum atomic E-state index is 14.0. The highest BCUT2D eigenvalue weighted by molar-refractivity contribution is 7.22. The highest BCUT2D eigenvalue weighted by Gasteiger charge is 2.24. The highest BCUT2D eigenvalue weighted by atomic mass is 32.1. The SMILES string of the molecule is O=C(c1ccc(OCCN2CCCCC2)cc1)c1c(-c2ccc(OC(=O)C3CCCCCC3)cc2)sc2cc(O)ccc12. The lowest BCUT2D eigenvalue weighted by Gasteiger charge is -2.26. The first-order valence-corrected chi connectivity index (χ1v) is 16.4. The van der Waals surface area contributed by atoms with Crippen molar-refractivity contribution in [2.75, 3.05) is 26.2 Å². The molecule has 1 saturated heterocycles. The van der Waals surface area contributed by atoms with Gasteiger partial charge in [-0.1, -0.05) is 32.1 Å². The van der Waals surface area contributed by atoms with Gasteiger partial charge in [-0.2, -0.15) is 0 Å². The summed E-state index contributed by atoms with van der Waals surface area (Å²) in [7, 11) is 0. The Balaban J connectivity index is 1.20. The Labute approximate surface area is 257 Å². The van der Waals surface area contributed by atoms with E-state index in [1.807, 2.05) is 36.4 Å². The van der Waals surface area contributed by atoms with Crippen molar-refractivity contribution < 1.29 is 24.2 Å². The summed E-state index contributed by atoms with van der Waals surface area (Å²) >= 11 is 1.47. The van der Waals surface area contributed by atoms with Crippen LogP contribution in [0.1, 0.15) is 73.7 Å². The van der Waals surface area contributed by atoms with Crippen molar-refractivity contribution in [3.8, 4) is 27.7 Å². The summed E-state index contributed by atoms with van der Waals surface area (Å²) in [6.07, 6.45) is 10.1. The fourth-order valence-electron chi connectivity index (χ4n) is 6.23. The van der Waals surface area contributed by atoms with Crippen LogP contribution in [0.3, 0.4) is 0 Å². The van der Waals surface area contributed by atoms with E-state index in [9.17, 15) is 14.7 Å². The van der Waals surface area contributed by atoms with Crippen molar-refractivity contribution >= 4 is 33.2 Å². The Kier molecular flexibility index (Phi) is 9.39. The average Bonchev–Trinajstić information content (AvgIpc) is 3.19. The topological polar surface area (TPSA) is 76.1 Å². The third kappa shape index (κ3) is 7.11. The Morgan fingerprint density at radius 2 is 1.49 bits per heavy atom. The number of piperidine rings is 1. The first-order chi connectivity index (χ1) is 21.0. The van der Waals surface area contributed by atoms with Crippen molar-refractivity contribution in [3.63, 3.8) is 0 Å². The van der Waals surface area contributed by atoms with Gasteiger partial charge in [0.25, 0.3) is 0 Å². The molecule has 7 heteroatoms. The zero-order valence-corrected chi connectivity index (χ0v) is 25.4. The predicted octanol–water partition coefficient (Wildman–Crippen LogP) is 8.25. The van der Waals surface area contributed by atoms with Crippen LogP contribution in [0.15, 0.2) is 66.7 Å². The second-order valence-corrected chi connectivity index (χ2v) is 12.8. The van der Waals surface area contributed by atoms with Crippen LogP contribution >= 0.6 is 11.3 Å². The van der Waals surface area contributed by atoms with Crippen LogP contribution in [0.2, 0.25) is 0 Å². The molecule has 1 saturated carbocycles. The molecule has 2 aliphatic rings. The van der Waals surface area contributed by atoms with Gasteiger partial charge in [-0.15, -0.1) is 11.3 Å². The monoisotopic (exact) mass is 597 g/mol. The lowest BCUT2D eigenvalue weighted by molar-refractivity contribution is -0.139. The molecule has 6 rings (SSSR count). The van der Waals surface area contributed by atoms with Gasteiger partial charge < -0.3 is 14.6 Å². The number of fused-ring (bicyclic) bond motifs is 1. The summed E-state index contributed by atoms with van der Waals surface area (Å²) in [5.41, 5.74) is 2.03. The number of rotatable bonds is 9. The number of ketones is 1. The molecule has 0 bridgehead atoms. The molecule has 2 heterocycles. The number of nitrogens with zero attached hydrogens (tertiary/aromatic N) is 1. The minimum atomic E-state index is -0.151. The first-order valence-electron chi connectivity index (χ1n) is 15.6. The van der Waals surface area contributed by atoms with Crippen LogP contribution in [-0.2, 0) is 4.79 Å². The lowest BCUT2D eigenvalue weighted by Crippen LogP contribution is -2.33. The van der Waals surface area contributed by atoms with Gasteiger partial charge in [0, 0.05) is 32.6 Å². The number of benzene rings is 3. The number of carbonyl (C=O) groups is 2. The third-order valence-electron chi connectivity index (χ3n) is 8.67. The first kappa shape index (κ1) is 29.4. The zero-order chi connectivity index (χ0) is 29.6. The predicted molar refractivity (Wildman–Crippen MR) is 171 cm³/mol. The summed E-state index contributed by atoms with van der Waals surface area (Å²) in [5, 5.41) is 10.9. The zero-order valence-electron chi connectivity index (χ0n) is 24.6. The molecule has 1 aliphatic heterocycles. The Hall–Kier alpha value is -3.68. The molecule has 0 spiro atoms.